The topological polar surface area (TPSA) is 46.5 Å². The second-order valence-corrected chi connectivity index (χ2v) is 3.92. The van der Waals surface area contributed by atoms with E-state index in [2.05, 4.69) is 4.74 Å². The fourth-order valence-corrected chi connectivity index (χ4v) is 1.48. The number of hydrogen-bond acceptors (Lipinski definition) is 3. The van der Waals surface area contributed by atoms with Crippen molar-refractivity contribution in [3.63, 3.8) is 0 Å². The Hall–Kier alpha value is -1.49. The third-order valence-corrected chi connectivity index (χ3v) is 2.21. The molecule has 1 aromatic carbocycles. The molecule has 1 unspecified atom stereocenters. The molecule has 0 radical (unpaired) electrons. The Morgan fingerprint density at radius 3 is 2.71 bits per heavy atom. The van der Waals surface area contributed by atoms with E-state index in [-0.39, 0.29) is 5.56 Å². The van der Waals surface area contributed by atoms with Gasteiger partial charge < -0.3 is 9.84 Å². The first-order valence-corrected chi connectivity index (χ1v) is 5.06. The maximum atomic E-state index is 12.8. The predicted octanol–water partition coefficient (Wildman–Crippen LogP) is 2.09. The lowest BCUT2D eigenvalue weighted by atomic mass is 10.0. The standard InChI is InChI=1S/C12H14F2O3/c1-12(13,14)7-8-4-3-5-9(6-8)10(15)11(16)17-2/h3-6,10,15H,7H2,1-2H3. The smallest absolute Gasteiger partial charge is 0.339 e. The van der Waals surface area contributed by atoms with Crippen LogP contribution in [-0.2, 0) is 16.0 Å². The van der Waals surface area contributed by atoms with Gasteiger partial charge in [-0.1, -0.05) is 24.3 Å². The number of hydrogen-bond donors (Lipinski definition) is 1. The molecule has 5 heteroatoms. The lowest BCUT2D eigenvalue weighted by molar-refractivity contribution is -0.150. The van der Waals surface area contributed by atoms with E-state index < -0.39 is 24.4 Å². The van der Waals surface area contributed by atoms with Crippen LogP contribution in [0.2, 0.25) is 0 Å². The number of alkyl halides is 2. The third-order valence-electron chi connectivity index (χ3n) is 2.21. The molecule has 0 aliphatic heterocycles. The van der Waals surface area contributed by atoms with Gasteiger partial charge in [-0.2, -0.15) is 0 Å². The lowest BCUT2D eigenvalue weighted by Crippen LogP contribution is -2.16. The van der Waals surface area contributed by atoms with Crippen molar-refractivity contribution in [2.75, 3.05) is 7.11 Å². The second kappa shape index (κ2) is 5.23. The summed E-state index contributed by atoms with van der Waals surface area (Å²) < 4.78 is 30.0. The van der Waals surface area contributed by atoms with Crippen LogP contribution >= 0.6 is 0 Å². The van der Waals surface area contributed by atoms with Crippen molar-refractivity contribution in [2.45, 2.75) is 25.4 Å². The Morgan fingerprint density at radius 2 is 2.18 bits per heavy atom. The molecule has 0 fully saturated rings. The van der Waals surface area contributed by atoms with Crippen molar-refractivity contribution >= 4 is 5.97 Å². The molecule has 1 aromatic rings. The summed E-state index contributed by atoms with van der Waals surface area (Å²) in [4.78, 5) is 11.1. The predicted molar refractivity (Wildman–Crippen MR) is 57.7 cm³/mol. The Bertz CT molecular complexity index is 399. The molecule has 1 atom stereocenters. The van der Waals surface area contributed by atoms with Gasteiger partial charge in [0, 0.05) is 6.42 Å². The minimum absolute atomic E-state index is 0.249. The summed E-state index contributed by atoms with van der Waals surface area (Å²) in [6.45, 7) is 0.816. The van der Waals surface area contributed by atoms with Crippen LogP contribution in [0.1, 0.15) is 24.2 Å². The minimum atomic E-state index is -2.82. The molecule has 0 saturated carbocycles. The highest BCUT2D eigenvalue weighted by atomic mass is 19.3. The summed E-state index contributed by atoms with van der Waals surface area (Å²) in [5.41, 5.74) is 0.608. The van der Waals surface area contributed by atoms with Crippen LogP contribution in [-0.4, -0.2) is 24.1 Å². The molecule has 3 nitrogen and oxygen atoms in total. The van der Waals surface area contributed by atoms with Gasteiger partial charge in [-0.3, -0.25) is 0 Å². The zero-order chi connectivity index (χ0) is 13.1. The third kappa shape index (κ3) is 4.11. The van der Waals surface area contributed by atoms with Gasteiger partial charge in [-0.15, -0.1) is 0 Å². The highest BCUT2D eigenvalue weighted by molar-refractivity contribution is 5.76. The minimum Gasteiger partial charge on any atom is -0.467 e. The van der Waals surface area contributed by atoms with E-state index in [4.69, 9.17) is 0 Å². The Morgan fingerprint density at radius 1 is 1.53 bits per heavy atom. The maximum absolute atomic E-state index is 12.8. The first-order chi connectivity index (χ1) is 7.83. The molecule has 94 valence electrons. The van der Waals surface area contributed by atoms with Gasteiger partial charge in [0.05, 0.1) is 7.11 Å². The van der Waals surface area contributed by atoms with E-state index in [1.165, 1.54) is 24.3 Å². The SMILES string of the molecule is COC(=O)C(O)c1cccc(CC(C)(F)F)c1. The van der Waals surface area contributed by atoms with Crippen molar-refractivity contribution in [1.29, 1.82) is 0 Å². The van der Waals surface area contributed by atoms with E-state index >= 15 is 0 Å². The molecule has 1 rings (SSSR count). The molecular formula is C12H14F2O3. The van der Waals surface area contributed by atoms with Gasteiger partial charge in [0.25, 0.3) is 0 Å². The number of aliphatic hydroxyl groups is 1. The number of halogens is 2. The van der Waals surface area contributed by atoms with Gasteiger partial charge >= 0.3 is 5.97 Å². The van der Waals surface area contributed by atoms with Gasteiger partial charge in [0.2, 0.25) is 5.92 Å². The molecule has 0 aliphatic carbocycles. The molecular weight excluding hydrogens is 230 g/mol. The largest absolute Gasteiger partial charge is 0.467 e. The molecule has 0 heterocycles. The zero-order valence-corrected chi connectivity index (χ0v) is 9.61. The van der Waals surface area contributed by atoms with Crippen molar-refractivity contribution < 1.29 is 23.4 Å². The number of ether oxygens (including phenoxy) is 1. The summed E-state index contributed by atoms with van der Waals surface area (Å²) in [5.74, 6) is -3.64. The Labute approximate surface area is 98.0 Å². The molecule has 1 N–H and O–H groups in total. The molecule has 0 spiro atoms. The van der Waals surface area contributed by atoms with Crippen molar-refractivity contribution in [1.82, 2.24) is 0 Å². The Kier molecular flexibility index (Phi) is 4.17. The number of carbonyl (C=O) groups excluding carboxylic acids is 1. The summed E-state index contributed by atoms with van der Waals surface area (Å²) in [7, 11) is 1.15. The quantitative estimate of drug-likeness (QED) is 0.825. The van der Waals surface area contributed by atoms with E-state index in [0.29, 0.717) is 5.56 Å². The first kappa shape index (κ1) is 13.6. The fourth-order valence-electron chi connectivity index (χ4n) is 1.48. The van der Waals surface area contributed by atoms with Gasteiger partial charge in [0.1, 0.15) is 0 Å². The van der Waals surface area contributed by atoms with Gasteiger partial charge in [0.15, 0.2) is 6.10 Å². The van der Waals surface area contributed by atoms with Crippen molar-refractivity contribution in [3.05, 3.63) is 35.4 Å². The van der Waals surface area contributed by atoms with Crippen molar-refractivity contribution in [2.24, 2.45) is 0 Å². The van der Waals surface area contributed by atoms with E-state index in [1.54, 1.807) is 0 Å². The molecule has 0 aromatic heterocycles. The molecule has 0 amide bonds. The number of rotatable bonds is 4. The lowest BCUT2D eigenvalue weighted by Gasteiger charge is -2.13. The van der Waals surface area contributed by atoms with Crippen LogP contribution in [0.15, 0.2) is 24.3 Å². The van der Waals surface area contributed by atoms with Crippen LogP contribution < -0.4 is 0 Å². The number of esters is 1. The summed E-state index contributed by atoms with van der Waals surface area (Å²) in [5, 5.41) is 9.55. The summed E-state index contributed by atoms with van der Waals surface area (Å²) in [6, 6.07) is 5.89. The van der Waals surface area contributed by atoms with Crippen molar-refractivity contribution in [3.8, 4) is 0 Å². The number of carbonyl (C=O) groups is 1. The van der Waals surface area contributed by atoms with E-state index in [0.717, 1.165) is 14.0 Å². The first-order valence-electron chi connectivity index (χ1n) is 5.06. The highest BCUT2D eigenvalue weighted by Gasteiger charge is 2.23. The summed E-state index contributed by atoms with van der Waals surface area (Å²) in [6.07, 6.45) is -1.88. The van der Waals surface area contributed by atoms with Gasteiger partial charge in [-0.05, 0) is 18.1 Å². The second-order valence-electron chi connectivity index (χ2n) is 3.92. The molecule has 0 bridgehead atoms. The normalized spacial score (nSPS) is 13.2. The highest BCUT2D eigenvalue weighted by Crippen LogP contribution is 2.22. The van der Waals surface area contributed by atoms with Crippen LogP contribution in [0.4, 0.5) is 8.78 Å². The number of aliphatic hydroxyl groups excluding tert-OH is 1. The maximum Gasteiger partial charge on any atom is 0.339 e. The van der Waals surface area contributed by atoms with Crippen LogP contribution in [0.5, 0.6) is 0 Å². The number of methoxy groups -OCH3 is 1. The van der Waals surface area contributed by atoms with Crippen LogP contribution in [0.25, 0.3) is 0 Å². The molecule has 17 heavy (non-hydrogen) atoms. The van der Waals surface area contributed by atoms with E-state index in [9.17, 15) is 18.7 Å². The fraction of sp³-hybridized carbons (Fsp3) is 0.417. The monoisotopic (exact) mass is 244 g/mol. The Balaban J connectivity index is 2.89. The number of benzene rings is 1. The average molecular weight is 244 g/mol. The van der Waals surface area contributed by atoms with Gasteiger partial charge in [-0.25, -0.2) is 13.6 Å². The van der Waals surface area contributed by atoms with Crippen LogP contribution in [0, 0.1) is 0 Å². The molecule has 0 saturated heterocycles. The molecule has 0 aliphatic rings. The van der Waals surface area contributed by atoms with Crippen LogP contribution in [0.3, 0.4) is 0 Å². The van der Waals surface area contributed by atoms with E-state index in [1.807, 2.05) is 0 Å². The average Bonchev–Trinajstić information content (AvgIpc) is 2.25. The zero-order valence-electron chi connectivity index (χ0n) is 9.61. The summed E-state index contributed by atoms with van der Waals surface area (Å²) >= 11 is 0.